The molecule has 1 saturated heterocycles. The summed E-state index contributed by atoms with van der Waals surface area (Å²) in [4.78, 5) is 19.2. The molecule has 5 nitrogen and oxygen atoms in total. The second-order valence-electron chi connectivity index (χ2n) is 6.13. The molecule has 4 rings (SSSR count). The number of rotatable bonds is 3. The highest BCUT2D eigenvalue weighted by Crippen LogP contribution is 2.33. The van der Waals surface area contributed by atoms with Gasteiger partial charge in [-0.2, -0.15) is 4.98 Å². The molecule has 3 aromatic rings. The smallest absolute Gasteiger partial charge is 0.254 e. The van der Waals surface area contributed by atoms with Crippen molar-refractivity contribution >= 4 is 33.4 Å². The van der Waals surface area contributed by atoms with Gasteiger partial charge < -0.3 is 9.42 Å². The average molecular weight is 433 g/mol. The Morgan fingerprint density at radius 3 is 2.88 bits per heavy atom. The van der Waals surface area contributed by atoms with Crippen molar-refractivity contribution in [2.75, 3.05) is 6.54 Å². The van der Waals surface area contributed by atoms with Crippen molar-refractivity contribution in [3.8, 4) is 11.4 Å². The van der Waals surface area contributed by atoms with Crippen LogP contribution in [0.4, 0.5) is 0 Å². The maximum Gasteiger partial charge on any atom is 0.254 e. The number of hydrogen-bond acceptors (Lipinski definition) is 4. The molecule has 0 saturated carbocycles. The largest absolute Gasteiger partial charge is 0.337 e. The van der Waals surface area contributed by atoms with Crippen LogP contribution in [-0.2, 0) is 0 Å². The van der Waals surface area contributed by atoms with Crippen LogP contribution < -0.4 is 0 Å². The predicted molar refractivity (Wildman–Crippen MR) is 102 cm³/mol. The maximum absolute atomic E-state index is 12.9. The van der Waals surface area contributed by atoms with Crippen LogP contribution in [0, 0.1) is 0 Å². The number of aromatic nitrogens is 2. The van der Waals surface area contributed by atoms with Crippen molar-refractivity contribution in [1.82, 2.24) is 15.0 Å². The Balaban J connectivity index is 1.60. The second-order valence-corrected chi connectivity index (χ2v) is 7.49. The summed E-state index contributed by atoms with van der Waals surface area (Å²) in [5.41, 5.74) is 1.43. The first-order valence-corrected chi connectivity index (χ1v) is 9.45. The summed E-state index contributed by atoms with van der Waals surface area (Å²) >= 11 is 9.44. The van der Waals surface area contributed by atoms with Crippen LogP contribution in [0.1, 0.15) is 35.1 Å². The van der Waals surface area contributed by atoms with E-state index in [2.05, 4.69) is 26.1 Å². The minimum Gasteiger partial charge on any atom is -0.337 e. The highest BCUT2D eigenvalue weighted by Gasteiger charge is 2.34. The van der Waals surface area contributed by atoms with Crippen molar-refractivity contribution in [2.24, 2.45) is 0 Å². The normalized spacial score (nSPS) is 16.8. The van der Waals surface area contributed by atoms with Crippen molar-refractivity contribution in [3.63, 3.8) is 0 Å². The van der Waals surface area contributed by atoms with Gasteiger partial charge in [0.05, 0.1) is 0 Å². The predicted octanol–water partition coefficient (Wildman–Crippen LogP) is 5.13. The number of likely N-dealkylation sites (tertiary alicyclic amines) is 1. The molecule has 26 heavy (non-hydrogen) atoms. The van der Waals surface area contributed by atoms with Crippen molar-refractivity contribution < 1.29 is 9.32 Å². The van der Waals surface area contributed by atoms with Gasteiger partial charge in [-0.3, -0.25) is 4.79 Å². The lowest BCUT2D eigenvalue weighted by Gasteiger charge is -2.22. The van der Waals surface area contributed by atoms with E-state index in [1.807, 2.05) is 36.4 Å². The van der Waals surface area contributed by atoms with Gasteiger partial charge in [-0.25, -0.2) is 0 Å². The highest BCUT2D eigenvalue weighted by atomic mass is 79.9. The number of benzene rings is 2. The van der Waals surface area contributed by atoms with E-state index in [0.29, 0.717) is 28.8 Å². The monoisotopic (exact) mass is 431 g/mol. The molecule has 2 heterocycles. The standard InChI is InChI=1S/C19H15BrClN3O2/c20-14-6-1-5-13(10-14)19(25)24-9-3-8-16(24)18-22-17(23-26-18)12-4-2-7-15(21)11-12/h1-2,4-7,10-11,16H,3,8-9H2. The SMILES string of the molecule is O=C(c1cccc(Br)c1)N1CCCC1c1nc(-c2cccc(Cl)c2)no1. The van der Waals surface area contributed by atoms with Gasteiger partial charge in [0.15, 0.2) is 0 Å². The zero-order chi connectivity index (χ0) is 18.1. The van der Waals surface area contributed by atoms with Gasteiger partial charge in [0, 0.05) is 27.2 Å². The molecule has 1 amide bonds. The Bertz CT molecular complexity index is 959. The third kappa shape index (κ3) is 3.39. The third-order valence-electron chi connectivity index (χ3n) is 4.39. The van der Waals surface area contributed by atoms with Gasteiger partial charge in [0.2, 0.25) is 11.7 Å². The summed E-state index contributed by atoms with van der Waals surface area (Å²) in [6.45, 7) is 0.672. The summed E-state index contributed by atoms with van der Waals surface area (Å²) in [5, 5.41) is 4.67. The van der Waals surface area contributed by atoms with E-state index in [0.717, 1.165) is 22.9 Å². The fourth-order valence-corrected chi connectivity index (χ4v) is 3.76. The molecule has 0 spiro atoms. The first-order valence-electron chi connectivity index (χ1n) is 8.28. The van der Waals surface area contributed by atoms with Gasteiger partial charge in [-0.05, 0) is 43.2 Å². The maximum atomic E-state index is 12.9. The van der Waals surface area contributed by atoms with E-state index in [-0.39, 0.29) is 11.9 Å². The van der Waals surface area contributed by atoms with Crippen LogP contribution in [0.15, 0.2) is 57.5 Å². The fraction of sp³-hybridized carbons (Fsp3) is 0.211. The van der Waals surface area contributed by atoms with Gasteiger partial charge in [0.1, 0.15) is 6.04 Å². The molecule has 0 bridgehead atoms. The average Bonchev–Trinajstić information content (AvgIpc) is 3.30. The molecule has 1 aromatic heterocycles. The Morgan fingerprint density at radius 2 is 2.08 bits per heavy atom. The van der Waals surface area contributed by atoms with Gasteiger partial charge in [-0.15, -0.1) is 0 Å². The van der Waals surface area contributed by atoms with Crippen LogP contribution in [0.3, 0.4) is 0 Å². The second kappa shape index (κ2) is 7.21. The lowest BCUT2D eigenvalue weighted by atomic mass is 10.1. The summed E-state index contributed by atoms with van der Waals surface area (Å²) < 4.78 is 6.35. The molecule has 132 valence electrons. The summed E-state index contributed by atoms with van der Waals surface area (Å²) in [7, 11) is 0. The molecule has 0 aliphatic carbocycles. The molecular weight excluding hydrogens is 418 g/mol. The minimum absolute atomic E-state index is 0.0312. The molecule has 2 aromatic carbocycles. The van der Waals surface area contributed by atoms with E-state index in [1.165, 1.54) is 0 Å². The molecular formula is C19H15BrClN3O2. The number of hydrogen-bond donors (Lipinski definition) is 0. The summed E-state index contributed by atoms with van der Waals surface area (Å²) in [5.74, 6) is 0.904. The number of amides is 1. The van der Waals surface area contributed by atoms with Gasteiger partial charge in [-0.1, -0.05) is 50.9 Å². The first-order chi connectivity index (χ1) is 12.6. The van der Waals surface area contributed by atoms with E-state index in [4.69, 9.17) is 16.1 Å². The van der Waals surface area contributed by atoms with Crippen LogP contribution in [0.25, 0.3) is 11.4 Å². The van der Waals surface area contributed by atoms with E-state index < -0.39 is 0 Å². The Kier molecular flexibility index (Phi) is 4.78. The Hall–Kier alpha value is -2.18. The molecule has 1 fully saturated rings. The van der Waals surface area contributed by atoms with Crippen LogP contribution in [-0.4, -0.2) is 27.5 Å². The zero-order valence-electron chi connectivity index (χ0n) is 13.7. The first kappa shape index (κ1) is 17.2. The highest BCUT2D eigenvalue weighted by molar-refractivity contribution is 9.10. The van der Waals surface area contributed by atoms with Gasteiger partial charge >= 0.3 is 0 Å². The van der Waals surface area contributed by atoms with Crippen LogP contribution in [0.2, 0.25) is 5.02 Å². The lowest BCUT2D eigenvalue weighted by Crippen LogP contribution is -2.30. The number of nitrogens with zero attached hydrogens (tertiary/aromatic N) is 3. The molecule has 0 N–H and O–H groups in total. The third-order valence-corrected chi connectivity index (χ3v) is 5.12. The van der Waals surface area contributed by atoms with Crippen molar-refractivity contribution in [2.45, 2.75) is 18.9 Å². The van der Waals surface area contributed by atoms with Crippen molar-refractivity contribution in [1.29, 1.82) is 0 Å². The lowest BCUT2D eigenvalue weighted by molar-refractivity contribution is 0.0710. The van der Waals surface area contributed by atoms with Crippen LogP contribution >= 0.6 is 27.5 Å². The molecule has 1 aliphatic rings. The number of halogens is 2. The molecule has 1 unspecified atom stereocenters. The Labute approximate surface area is 164 Å². The molecule has 1 atom stereocenters. The summed E-state index contributed by atoms with van der Waals surface area (Å²) in [6, 6.07) is 14.5. The molecule has 0 radical (unpaired) electrons. The fourth-order valence-electron chi connectivity index (χ4n) is 3.17. The molecule has 1 aliphatic heterocycles. The Morgan fingerprint density at radius 1 is 1.23 bits per heavy atom. The zero-order valence-corrected chi connectivity index (χ0v) is 16.1. The van der Waals surface area contributed by atoms with E-state index >= 15 is 0 Å². The van der Waals surface area contributed by atoms with Crippen molar-refractivity contribution in [3.05, 3.63) is 69.5 Å². The number of carbonyl (C=O) groups excluding carboxylic acids is 1. The summed E-state index contributed by atoms with van der Waals surface area (Å²) in [6.07, 6.45) is 1.70. The quantitative estimate of drug-likeness (QED) is 0.576. The molecule has 7 heteroatoms. The van der Waals surface area contributed by atoms with E-state index in [1.54, 1.807) is 17.0 Å². The van der Waals surface area contributed by atoms with Crippen LogP contribution in [0.5, 0.6) is 0 Å². The van der Waals surface area contributed by atoms with Gasteiger partial charge in [0.25, 0.3) is 5.91 Å². The number of carbonyl (C=O) groups is 1. The topological polar surface area (TPSA) is 59.2 Å². The van der Waals surface area contributed by atoms with E-state index in [9.17, 15) is 4.79 Å². The minimum atomic E-state index is -0.207.